The topological polar surface area (TPSA) is 128 Å². The lowest BCUT2D eigenvalue weighted by atomic mass is 9.96. The fourth-order valence-electron chi connectivity index (χ4n) is 4.09. The van der Waals surface area contributed by atoms with Gasteiger partial charge in [-0.3, -0.25) is 14.3 Å². The molecule has 0 unspecified atom stereocenters. The summed E-state index contributed by atoms with van der Waals surface area (Å²) in [6.07, 6.45) is 6.50. The molecule has 3 N–H and O–H groups in total. The molecule has 0 bridgehead atoms. The molecule has 0 atom stereocenters. The monoisotopic (exact) mass is 465 g/mol. The summed E-state index contributed by atoms with van der Waals surface area (Å²) in [5, 5.41) is 5.70. The molecule has 11 heteroatoms. The van der Waals surface area contributed by atoms with Crippen molar-refractivity contribution in [3.05, 3.63) is 23.8 Å². The standard InChI is InChI=1S/C21H31N5O5S/c1-15(27)22-17-8-9-19(24-32(2,30)31)18(14-17)20(28)25-10-12-26(13-11-25)21(29)23-16-6-4-3-5-7-16/h8-9,14,16,24H,3-7,10-13H2,1-2H3,(H,22,27)(H,23,29). The van der Waals surface area contributed by atoms with E-state index >= 15 is 0 Å². The van der Waals surface area contributed by atoms with E-state index in [1.165, 1.54) is 31.5 Å². The van der Waals surface area contributed by atoms with Gasteiger partial charge in [0, 0.05) is 44.8 Å². The second-order valence-electron chi connectivity index (χ2n) is 8.38. The van der Waals surface area contributed by atoms with Gasteiger partial charge in [0.05, 0.1) is 17.5 Å². The molecular formula is C21H31N5O5S. The second kappa shape index (κ2) is 10.2. The fourth-order valence-corrected chi connectivity index (χ4v) is 4.66. The maximum Gasteiger partial charge on any atom is 0.317 e. The molecule has 32 heavy (non-hydrogen) atoms. The summed E-state index contributed by atoms with van der Waals surface area (Å²) in [6, 6.07) is 4.56. The molecule has 4 amide bonds. The molecule has 2 fully saturated rings. The van der Waals surface area contributed by atoms with E-state index in [1.807, 2.05) is 0 Å². The van der Waals surface area contributed by atoms with Gasteiger partial charge in [0.25, 0.3) is 5.91 Å². The first kappa shape index (κ1) is 23.8. The predicted molar refractivity (Wildman–Crippen MR) is 122 cm³/mol. The average molecular weight is 466 g/mol. The van der Waals surface area contributed by atoms with E-state index in [-0.39, 0.29) is 35.1 Å². The summed E-state index contributed by atoms with van der Waals surface area (Å²) in [5.74, 6) is -0.666. The number of anilines is 2. The Labute approximate surface area is 188 Å². The zero-order chi connectivity index (χ0) is 23.3. The zero-order valence-corrected chi connectivity index (χ0v) is 19.3. The first-order valence-corrected chi connectivity index (χ1v) is 12.8. The number of rotatable bonds is 5. The Morgan fingerprint density at radius 1 is 0.969 bits per heavy atom. The molecule has 0 radical (unpaired) electrons. The van der Waals surface area contributed by atoms with Gasteiger partial charge in [-0.05, 0) is 31.0 Å². The summed E-state index contributed by atoms with van der Waals surface area (Å²) < 4.78 is 25.8. The number of carbonyl (C=O) groups is 3. The second-order valence-corrected chi connectivity index (χ2v) is 10.1. The molecule has 3 rings (SSSR count). The molecule has 1 saturated heterocycles. The van der Waals surface area contributed by atoms with Crippen molar-refractivity contribution in [1.82, 2.24) is 15.1 Å². The molecule has 176 valence electrons. The van der Waals surface area contributed by atoms with E-state index in [9.17, 15) is 22.8 Å². The third-order valence-corrected chi connectivity index (χ3v) is 6.24. The Morgan fingerprint density at radius 2 is 1.59 bits per heavy atom. The molecular weight excluding hydrogens is 434 g/mol. The van der Waals surface area contributed by atoms with E-state index in [1.54, 1.807) is 9.80 Å². The molecule has 1 saturated carbocycles. The third kappa shape index (κ3) is 6.59. The van der Waals surface area contributed by atoms with Crippen LogP contribution in [0.4, 0.5) is 16.2 Å². The summed E-state index contributed by atoms with van der Waals surface area (Å²) in [6.45, 7) is 2.80. The van der Waals surface area contributed by atoms with Gasteiger partial charge >= 0.3 is 6.03 Å². The molecule has 10 nitrogen and oxygen atoms in total. The van der Waals surface area contributed by atoms with Gasteiger partial charge in [-0.25, -0.2) is 13.2 Å². The molecule has 1 aromatic rings. The molecule has 1 aliphatic carbocycles. The van der Waals surface area contributed by atoms with Crippen LogP contribution in [0.1, 0.15) is 49.4 Å². The van der Waals surface area contributed by atoms with Gasteiger partial charge in [-0.15, -0.1) is 0 Å². The summed E-state index contributed by atoms with van der Waals surface area (Å²) in [5.41, 5.74) is 0.677. The highest BCUT2D eigenvalue weighted by atomic mass is 32.2. The normalized spacial score (nSPS) is 17.6. The number of nitrogens with one attached hydrogen (secondary N) is 3. The molecule has 1 heterocycles. The lowest BCUT2D eigenvalue weighted by Crippen LogP contribution is -2.54. The highest BCUT2D eigenvalue weighted by Gasteiger charge is 2.28. The van der Waals surface area contributed by atoms with E-state index in [2.05, 4.69) is 15.4 Å². The number of carbonyl (C=O) groups excluding carboxylic acids is 3. The van der Waals surface area contributed by atoms with Gasteiger partial charge in [0.15, 0.2) is 0 Å². The lowest BCUT2D eigenvalue weighted by molar-refractivity contribution is -0.114. The Hall–Kier alpha value is -2.82. The van der Waals surface area contributed by atoms with Crippen molar-refractivity contribution in [1.29, 1.82) is 0 Å². The Morgan fingerprint density at radius 3 is 2.19 bits per heavy atom. The number of urea groups is 1. The van der Waals surface area contributed by atoms with Gasteiger partial charge in [-0.2, -0.15) is 0 Å². The van der Waals surface area contributed by atoms with Crippen molar-refractivity contribution in [2.24, 2.45) is 0 Å². The largest absolute Gasteiger partial charge is 0.335 e. The SMILES string of the molecule is CC(=O)Nc1ccc(NS(C)(=O)=O)c(C(=O)N2CCN(C(=O)NC3CCCCC3)CC2)c1. The Kier molecular flexibility index (Phi) is 7.60. The summed E-state index contributed by atoms with van der Waals surface area (Å²) in [4.78, 5) is 40.5. The van der Waals surface area contributed by atoms with Crippen LogP contribution in [0.5, 0.6) is 0 Å². The first-order chi connectivity index (χ1) is 15.1. The minimum absolute atomic E-state index is 0.101. The van der Waals surface area contributed by atoms with Crippen molar-refractivity contribution < 1.29 is 22.8 Å². The van der Waals surface area contributed by atoms with Crippen molar-refractivity contribution in [3.8, 4) is 0 Å². The molecule has 1 aliphatic heterocycles. The van der Waals surface area contributed by atoms with Crippen LogP contribution in [0.2, 0.25) is 0 Å². The van der Waals surface area contributed by atoms with E-state index < -0.39 is 10.0 Å². The number of amides is 4. The number of benzene rings is 1. The van der Waals surface area contributed by atoms with E-state index in [4.69, 9.17) is 0 Å². The van der Waals surface area contributed by atoms with Crippen LogP contribution in [0.3, 0.4) is 0 Å². The van der Waals surface area contributed by atoms with Gasteiger partial charge in [0.1, 0.15) is 0 Å². The van der Waals surface area contributed by atoms with Gasteiger partial charge in [-0.1, -0.05) is 19.3 Å². The third-order valence-electron chi connectivity index (χ3n) is 5.65. The van der Waals surface area contributed by atoms with Crippen LogP contribution < -0.4 is 15.4 Å². The van der Waals surface area contributed by atoms with Gasteiger partial charge in [0.2, 0.25) is 15.9 Å². The number of hydrogen-bond acceptors (Lipinski definition) is 5. The number of hydrogen-bond donors (Lipinski definition) is 3. The average Bonchev–Trinajstić information content (AvgIpc) is 2.74. The quantitative estimate of drug-likeness (QED) is 0.611. The minimum atomic E-state index is -3.60. The molecule has 0 spiro atoms. The Bertz CT molecular complexity index is 967. The maximum atomic E-state index is 13.2. The van der Waals surface area contributed by atoms with Gasteiger partial charge < -0.3 is 20.4 Å². The number of sulfonamides is 1. The van der Waals surface area contributed by atoms with Crippen LogP contribution in [0.25, 0.3) is 0 Å². The fraction of sp³-hybridized carbons (Fsp3) is 0.571. The smallest absolute Gasteiger partial charge is 0.317 e. The van der Waals surface area contributed by atoms with Crippen molar-refractivity contribution in [2.45, 2.75) is 45.1 Å². The van der Waals surface area contributed by atoms with Crippen LogP contribution in [0.15, 0.2) is 18.2 Å². The summed E-state index contributed by atoms with van der Waals surface area (Å²) >= 11 is 0. The van der Waals surface area contributed by atoms with Crippen LogP contribution >= 0.6 is 0 Å². The number of piperazine rings is 1. The molecule has 1 aromatic carbocycles. The van der Waals surface area contributed by atoms with Crippen molar-refractivity contribution >= 4 is 39.2 Å². The first-order valence-electron chi connectivity index (χ1n) is 10.9. The zero-order valence-electron chi connectivity index (χ0n) is 18.5. The molecule has 2 aliphatic rings. The highest BCUT2D eigenvalue weighted by Crippen LogP contribution is 2.24. The minimum Gasteiger partial charge on any atom is -0.335 e. The van der Waals surface area contributed by atoms with E-state index in [0.29, 0.717) is 31.9 Å². The number of nitrogens with zero attached hydrogens (tertiary/aromatic N) is 2. The van der Waals surface area contributed by atoms with Crippen LogP contribution in [-0.2, 0) is 14.8 Å². The maximum absolute atomic E-state index is 13.2. The van der Waals surface area contributed by atoms with Crippen molar-refractivity contribution in [3.63, 3.8) is 0 Å². The van der Waals surface area contributed by atoms with Crippen LogP contribution in [-0.4, -0.2) is 74.5 Å². The summed E-state index contributed by atoms with van der Waals surface area (Å²) in [7, 11) is -3.60. The lowest BCUT2D eigenvalue weighted by Gasteiger charge is -2.36. The van der Waals surface area contributed by atoms with Crippen LogP contribution in [0, 0.1) is 0 Å². The highest BCUT2D eigenvalue weighted by molar-refractivity contribution is 7.92. The Balaban J connectivity index is 1.67. The van der Waals surface area contributed by atoms with E-state index in [0.717, 1.165) is 31.9 Å². The van der Waals surface area contributed by atoms with Crippen molar-refractivity contribution in [2.75, 3.05) is 42.5 Å². The predicted octanol–water partition coefficient (Wildman–Crippen LogP) is 1.82. The molecule has 0 aromatic heterocycles.